The van der Waals surface area contributed by atoms with Crippen molar-refractivity contribution >= 4 is 52.6 Å². The summed E-state index contributed by atoms with van der Waals surface area (Å²) in [6.07, 6.45) is 0. The third kappa shape index (κ3) is 3.36. The number of amides is 3. The summed E-state index contributed by atoms with van der Waals surface area (Å²) in [6, 6.07) is 19.8. The highest BCUT2D eigenvalue weighted by molar-refractivity contribution is 6.36. The highest BCUT2D eigenvalue weighted by atomic mass is 35.5. The number of hydrogen-bond acceptors (Lipinski definition) is 5. The lowest BCUT2D eigenvalue weighted by Gasteiger charge is -2.54. The molecule has 0 radical (unpaired) electrons. The van der Waals surface area contributed by atoms with Gasteiger partial charge >= 0.3 is 5.97 Å². The lowest BCUT2D eigenvalue weighted by Crippen LogP contribution is -2.57. The van der Waals surface area contributed by atoms with E-state index in [0.29, 0.717) is 33.5 Å². The van der Waals surface area contributed by atoms with Crippen molar-refractivity contribution in [2.75, 3.05) is 11.9 Å². The first-order chi connectivity index (χ1) is 18.6. The van der Waals surface area contributed by atoms with Crippen LogP contribution in [-0.4, -0.2) is 41.2 Å². The van der Waals surface area contributed by atoms with Crippen LogP contribution < -0.4 is 5.32 Å². The number of nitrogens with zero attached hydrogens (tertiary/aromatic N) is 1. The van der Waals surface area contributed by atoms with E-state index < -0.39 is 51.3 Å². The van der Waals surface area contributed by atoms with Gasteiger partial charge in [-0.1, -0.05) is 48.5 Å². The molecule has 1 heterocycles. The third-order valence-corrected chi connectivity index (χ3v) is 9.33. The van der Waals surface area contributed by atoms with Crippen LogP contribution in [0.15, 0.2) is 72.8 Å². The van der Waals surface area contributed by atoms with E-state index in [9.17, 15) is 19.2 Å². The molecule has 3 aromatic carbocycles. The molecule has 4 aliphatic rings. The average molecular weight is 563 g/mol. The van der Waals surface area contributed by atoms with E-state index in [1.54, 1.807) is 19.1 Å². The molecule has 9 heteroatoms. The molecule has 0 aromatic heterocycles. The van der Waals surface area contributed by atoms with E-state index >= 15 is 0 Å². The molecule has 0 spiro atoms. The second-order valence-electron chi connectivity index (χ2n) is 9.98. The quantitative estimate of drug-likeness (QED) is 0.274. The van der Waals surface area contributed by atoms with Gasteiger partial charge < -0.3 is 10.1 Å². The highest BCUT2D eigenvalue weighted by Crippen LogP contribution is 2.69. The van der Waals surface area contributed by atoms with E-state index in [4.69, 9.17) is 27.9 Å². The fourth-order valence-electron chi connectivity index (χ4n) is 6.34. The van der Waals surface area contributed by atoms with E-state index in [0.717, 1.165) is 4.90 Å². The minimum absolute atomic E-state index is 0.248. The molecule has 1 N–H and O–H groups in total. The summed E-state index contributed by atoms with van der Waals surface area (Å²) in [5, 5.41) is 2.73. The third-order valence-electron chi connectivity index (χ3n) is 8.05. The normalized spacial score (nSPS) is 26.9. The Balaban J connectivity index is 1.34. The number of ether oxygens (including phenoxy) is 1. The predicted octanol–water partition coefficient (Wildman–Crippen LogP) is 4.78. The number of rotatable bonds is 5. The van der Waals surface area contributed by atoms with Crippen LogP contribution in [0.3, 0.4) is 0 Å². The summed E-state index contributed by atoms with van der Waals surface area (Å²) in [6.45, 7) is 3.46. The van der Waals surface area contributed by atoms with Gasteiger partial charge in [-0.15, -0.1) is 23.2 Å². The average Bonchev–Trinajstić information content (AvgIpc) is 3.22. The van der Waals surface area contributed by atoms with Crippen molar-refractivity contribution in [2.24, 2.45) is 11.8 Å². The van der Waals surface area contributed by atoms with Crippen LogP contribution in [-0.2, 0) is 28.9 Å². The molecule has 7 nitrogen and oxygen atoms in total. The minimum atomic E-state index is -1.31. The predicted molar refractivity (Wildman–Crippen MR) is 145 cm³/mol. The molecule has 1 saturated heterocycles. The Labute approximate surface area is 235 Å². The second kappa shape index (κ2) is 8.93. The molecule has 2 bridgehead atoms. The van der Waals surface area contributed by atoms with Crippen molar-refractivity contribution in [1.29, 1.82) is 0 Å². The van der Waals surface area contributed by atoms with Crippen LogP contribution >= 0.6 is 23.2 Å². The molecular weight excluding hydrogens is 539 g/mol. The number of alkyl halides is 2. The zero-order chi connectivity index (χ0) is 27.7. The zero-order valence-corrected chi connectivity index (χ0v) is 22.6. The van der Waals surface area contributed by atoms with Crippen LogP contribution in [0, 0.1) is 11.8 Å². The van der Waals surface area contributed by atoms with E-state index in [-0.39, 0.29) is 6.61 Å². The second-order valence-corrected chi connectivity index (χ2v) is 11.2. The fourth-order valence-corrected chi connectivity index (χ4v) is 7.44. The molecule has 39 heavy (non-hydrogen) atoms. The molecule has 3 aliphatic carbocycles. The largest absolute Gasteiger partial charge is 0.462 e. The summed E-state index contributed by atoms with van der Waals surface area (Å²) in [5.41, 5.74) is 3.53. The van der Waals surface area contributed by atoms with E-state index in [2.05, 4.69) is 5.32 Å². The Morgan fingerprint density at radius 2 is 1.28 bits per heavy atom. The van der Waals surface area contributed by atoms with Crippen LogP contribution in [0.4, 0.5) is 5.69 Å². The first kappa shape index (κ1) is 25.6. The first-order valence-electron chi connectivity index (χ1n) is 12.7. The van der Waals surface area contributed by atoms with Gasteiger partial charge in [0, 0.05) is 5.69 Å². The smallest absolute Gasteiger partial charge is 0.338 e. The fraction of sp³-hybridized carbons (Fsp3) is 0.267. The maximum absolute atomic E-state index is 14.0. The summed E-state index contributed by atoms with van der Waals surface area (Å²) in [4.78, 5) is 51.6. The van der Waals surface area contributed by atoms with E-state index in [1.807, 2.05) is 48.5 Å². The Morgan fingerprint density at radius 3 is 1.69 bits per heavy atom. The number of carbonyl (C=O) groups excluding carboxylic acids is 4. The summed E-state index contributed by atoms with van der Waals surface area (Å²) >= 11 is 14.9. The highest BCUT2D eigenvalue weighted by Gasteiger charge is 2.73. The molecule has 0 unspecified atom stereocenters. The van der Waals surface area contributed by atoms with Crippen molar-refractivity contribution in [2.45, 2.75) is 29.6 Å². The standard InChI is InChI=1S/C30H24Cl2N2O5/c1-3-39-28(38)17-12-14-18(15-13-17)33-25(35)16(2)34-26(36)23-24(27(34)37)30(32)20-9-5-4-8-19(20)29(23,31)21-10-6-7-11-22(21)30/h4-16,23-24H,3H2,1-2H3,(H,33,35)/t16-,23-,24+,29?,30?/m0/s1. The van der Waals surface area contributed by atoms with Crippen molar-refractivity contribution in [1.82, 2.24) is 4.90 Å². The Bertz CT molecular complexity index is 1430. The van der Waals surface area contributed by atoms with Gasteiger partial charge in [0.15, 0.2) is 0 Å². The number of benzene rings is 3. The maximum atomic E-state index is 14.0. The van der Waals surface area contributed by atoms with Crippen LogP contribution in [0.25, 0.3) is 0 Å². The summed E-state index contributed by atoms with van der Waals surface area (Å²) in [5.74, 6) is -4.06. The minimum Gasteiger partial charge on any atom is -0.462 e. The Kier molecular flexibility index (Phi) is 5.86. The van der Waals surface area contributed by atoms with Crippen molar-refractivity contribution in [3.05, 3.63) is 101 Å². The zero-order valence-electron chi connectivity index (χ0n) is 21.1. The van der Waals surface area contributed by atoms with Crippen LogP contribution in [0.1, 0.15) is 46.5 Å². The number of nitrogens with one attached hydrogen (secondary N) is 1. The topological polar surface area (TPSA) is 92.8 Å². The molecule has 3 aromatic rings. The number of carbonyl (C=O) groups is 4. The lowest BCUT2D eigenvalue weighted by molar-refractivity contribution is -0.146. The maximum Gasteiger partial charge on any atom is 0.338 e. The van der Waals surface area contributed by atoms with Crippen LogP contribution in [0.2, 0.25) is 0 Å². The van der Waals surface area contributed by atoms with Gasteiger partial charge in [0.05, 0.1) is 24.0 Å². The van der Waals surface area contributed by atoms with Gasteiger partial charge in [0.1, 0.15) is 15.8 Å². The molecule has 0 saturated carbocycles. The van der Waals surface area contributed by atoms with Crippen LogP contribution in [0.5, 0.6) is 0 Å². The number of esters is 1. The number of imide groups is 1. The molecule has 1 fully saturated rings. The first-order valence-corrected chi connectivity index (χ1v) is 13.4. The van der Waals surface area contributed by atoms with Gasteiger partial charge in [0.2, 0.25) is 17.7 Å². The van der Waals surface area contributed by atoms with E-state index in [1.165, 1.54) is 19.1 Å². The van der Waals surface area contributed by atoms with Gasteiger partial charge in [-0.3, -0.25) is 19.3 Å². The number of anilines is 1. The van der Waals surface area contributed by atoms with Crippen molar-refractivity contribution in [3.8, 4) is 0 Å². The molecule has 3 atom stereocenters. The Hall–Kier alpha value is -3.68. The monoisotopic (exact) mass is 562 g/mol. The van der Waals surface area contributed by atoms with Gasteiger partial charge in [-0.25, -0.2) is 4.79 Å². The van der Waals surface area contributed by atoms with Crippen molar-refractivity contribution < 1.29 is 23.9 Å². The molecule has 7 rings (SSSR count). The summed E-state index contributed by atoms with van der Waals surface area (Å²) in [7, 11) is 0. The SMILES string of the molecule is CCOC(=O)c1ccc(NC(=O)[C@H](C)N2C(=O)[C@@H]3[C@H](C2=O)C2(Cl)c4ccccc4C3(Cl)c3ccccc32)cc1. The molecule has 3 amide bonds. The summed E-state index contributed by atoms with van der Waals surface area (Å²) < 4.78 is 4.98. The van der Waals surface area contributed by atoms with Gasteiger partial charge in [0.25, 0.3) is 0 Å². The van der Waals surface area contributed by atoms with Gasteiger partial charge in [-0.05, 0) is 60.4 Å². The van der Waals surface area contributed by atoms with Gasteiger partial charge in [-0.2, -0.15) is 0 Å². The number of hydrogen-bond donors (Lipinski definition) is 1. The number of likely N-dealkylation sites (tertiary alicyclic amines) is 1. The lowest BCUT2D eigenvalue weighted by atomic mass is 9.54. The Morgan fingerprint density at radius 1 is 0.846 bits per heavy atom. The van der Waals surface area contributed by atoms with Crippen molar-refractivity contribution in [3.63, 3.8) is 0 Å². The number of halogens is 2. The molecule has 198 valence electrons. The molecular formula is C30H24Cl2N2O5. The molecule has 1 aliphatic heterocycles.